The number of benzene rings is 3. The number of hydrogen-bond acceptors (Lipinski definition) is 1. The van der Waals surface area contributed by atoms with Crippen molar-refractivity contribution in [3.63, 3.8) is 0 Å². The van der Waals surface area contributed by atoms with Crippen LogP contribution in [0.1, 0.15) is 43.5 Å². The summed E-state index contributed by atoms with van der Waals surface area (Å²) >= 11 is 6.14. The fraction of sp³-hybridized carbons (Fsp3) is 0.240. The summed E-state index contributed by atoms with van der Waals surface area (Å²) in [6.45, 7) is 14.2. The summed E-state index contributed by atoms with van der Waals surface area (Å²) in [5.74, 6) is 0. The van der Waals surface area contributed by atoms with Gasteiger partial charge in [-0.05, 0) is 61.7 Å². The van der Waals surface area contributed by atoms with Gasteiger partial charge in [0, 0.05) is 5.02 Å². The van der Waals surface area contributed by atoms with Crippen LogP contribution in [0.25, 0.3) is 16.0 Å². The third-order valence-electron chi connectivity index (χ3n) is 5.54. The van der Waals surface area contributed by atoms with Crippen LogP contribution >= 0.6 is 11.6 Å². The van der Waals surface area contributed by atoms with Crippen LogP contribution in [0.4, 0.5) is 0 Å². The Morgan fingerprint density at radius 2 is 1.43 bits per heavy atom. The number of nitrogens with zero attached hydrogens (tertiary/aromatic N) is 1. The van der Waals surface area contributed by atoms with Gasteiger partial charge in [-0.2, -0.15) is 0 Å². The maximum absolute atomic E-state index is 13.2. The summed E-state index contributed by atoms with van der Waals surface area (Å²) in [6, 6.07) is 23.0. The van der Waals surface area contributed by atoms with E-state index in [0.717, 1.165) is 27.8 Å². The highest BCUT2D eigenvalue weighted by Crippen LogP contribution is 2.55. The van der Waals surface area contributed by atoms with Gasteiger partial charge in [-0.15, -0.1) is 0 Å². The molecule has 3 aromatic rings. The minimum atomic E-state index is -1.38. The SMILES string of the molecule is [C-]#[N+]C1([C@@H](NS(=O)C(C)(C)C)c2ccc(Cl)cc2)c2ccccc2-c2ccccc21. The first-order valence-electron chi connectivity index (χ1n) is 9.80. The van der Waals surface area contributed by atoms with Crippen molar-refractivity contribution in [1.29, 1.82) is 0 Å². The molecule has 0 bridgehead atoms. The molecular weight excluding hydrogens is 412 g/mol. The van der Waals surface area contributed by atoms with Crippen molar-refractivity contribution in [3.8, 4) is 11.1 Å². The van der Waals surface area contributed by atoms with Crippen molar-refractivity contribution in [2.75, 3.05) is 0 Å². The predicted molar refractivity (Wildman–Crippen MR) is 124 cm³/mol. The Morgan fingerprint density at radius 3 is 1.90 bits per heavy atom. The molecule has 30 heavy (non-hydrogen) atoms. The first kappa shape index (κ1) is 20.8. The predicted octanol–water partition coefficient (Wildman–Crippen LogP) is 6.28. The normalized spacial score (nSPS) is 16.2. The molecule has 1 aliphatic rings. The molecule has 0 radical (unpaired) electrons. The number of hydrogen-bond donors (Lipinski definition) is 1. The maximum atomic E-state index is 13.2. The Balaban J connectivity index is 2.00. The number of fused-ring (bicyclic) bond motifs is 3. The average molecular weight is 435 g/mol. The lowest BCUT2D eigenvalue weighted by atomic mass is 9.78. The molecular formula is C25H23ClN2OS. The smallest absolute Gasteiger partial charge is 0.298 e. The second-order valence-electron chi connectivity index (χ2n) is 8.45. The van der Waals surface area contributed by atoms with Gasteiger partial charge in [-0.25, -0.2) is 15.5 Å². The molecule has 1 unspecified atom stereocenters. The molecule has 0 fully saturated rings. The van der Waals surface area contributed by atoms with E-state index in [-0.39, 0.29) is 0 Å². The number of rotatable bonds is 4. The van der Waals surface area contributed by atoms with Gasteiger partial charge in [-0.3, -0.25) is 4.85 Å². The Hall–Kier alpha value is -2.45. The van der Waals surface area contributed by atoms with Gasteiger partial charge < -0.3 is 0 Å². The van der Waals surface area contributed by atoms with E-state index in [1.54, 1.807) is 0 Å². The second kappa shape index (κ2) is 7.67. The Bertz CT molecular complexity index is 1110. The van der Waals surface area contributed by atoms with Crippen molar-refractivity contribution >= 4 is 22.6 Å². The zero-order chi connectivity index (χ0) is 21.5. The minimum Gasteiger partial charge on any atom is -0.298 e. The lowest BCUT2D eigenvalue weighted by Crippen LogP contribution is -2.44. The van der Waals surface area contributed by atoms with Gasteiger partial charge in [0.05, 0.1) is 26.9 Å². The van der Waals surface area contributed by atoms with Crippen LogP contribution in [-0.4, -0.2) is 8.96 Å². The molecule has 0 aliphatic heterocycles. The topological polar surface area (TPSA) is 33.5 Å². The van der Waals surface area contributed by atoms with Crippen LogP contribution in [0.5, 0.6) is 0 Å². The quantitative estimate of drug-likeness (QED) is 0.482. The molecule has 0 aromatic heterocycles. The first-order chi connectivity index (χ1) is 14.3. The van der Waals surface area contributed by atoms with Crippen molar-refractivity contribution in [1.82, 2.24) is 4.72 Å². The highest BCUT2D eigenvalue weighted by atomic mass is 35.5. The van der Waals surface area contributed by atoms with Gasteiger partial charge in [-0.1, -0.05) is 60.1 Å². The van der Waals surface area contributed by atoms with E-state index in [1.165, 1.54) is 0 Å². The summed E-state index contributed by atoms with van der Waals surface area (Å²) in [5, 5.41) is 0.624. The van der Waals surface area contributed by atoms with E-state index in [9.17, 15) is 4.21 Å². The monoisotopic (exact) mass is 434 g/mol. The average Bonchev–Trinajstić information content (AvgIpc) is 3.03. The van der Waals surface area contributed by atoms with Crippen LogP contribution in [-0.2, 0) is 16.5 Å². The molecule has 0 spiro atoms. The van der Waals surface area contributed by atoms with Crippen LogP contribution in [0.15, 0.2) is 72.8 Å². The highest BCUT2D eigenvalue weighted by Gasteiger charge is 2.56. The summed E-state index contributed by atoms with van der Waals surface area (Å²) in [4.78, 5) is 4.26. The third kappa shape index (κ3) is 3.28. The molecule has 5 heteroatoms. The van der Waals surface area contributed by atoms with Crippen molar-refractivity contribution in [2.45, 2.75) is 37.1 Å². The van der Waals surface area contributed by atoms with E-state index >= 15 is 0 Å². The van der Waals surface area contributed by atoms with E-state index in [4.69, 9.17) is 18.2 Å². The van der Waals surface area contributed by atoms with E-state index < -0.39 is 27.3 Å². The third-order valence-corrected chi connectivity index (χ3v) is 7.36. The van der Waals surface area contributed by atoms with Gasteiger partial charge in [0.25, 0.3) is 0 Å². The minimum absolute atomic E-state index is 0.481. The van der Waals surface area contributed by atoms with Gasteiger partial charge in [0.2, 0.25) is 0 Å². The molecule has 0 amide bonds. The zero-order valence-corrected chi connectivity index (χ0v) is 18.7. The molecule has 1 aliphatic carbocycles. The van der Waals surface area contributed by atoms with Crippen molar-refractivity contribution in [2.24, 2.45) is 0 Å². The van der Waals surface area contributed by atoms with E-state index in [1.807, 2.05) is 81.4 Å². The number of halogens is 1. The lowest BCUT2D eigenvalue weighted by molar-refractivity contribution is 0.474. The largest absolute Gasteiger partial charge is 0.303 e. The molecule has 4 rings (SSSR count). The molecule has 0 heterocycles. The van der Waals surface area contributed by atoms with Gasteiger partial charge >= 0.3 is 5.54 Å². The summed E-state index contributed by atoms with van der Waals surface area (Å²) in [6.07, 6.45) is 0. The standard InChI is InChI=1S/C25H23ClN2OS/c1-24(2,3)30(29)28-23(17-13-15-18(26)16-14-17)25(27-4)21-11-7-5-9-19(21)20-10-6-8-12-22(20)25/h5-16,23,28H,1-3H3/t23-,30?/m0/s1. The lowest BCUT2D eigenvalue weighted by Gasteiger charge is -2.32. The molecule has 0 saturated heterocycles. The number of nitrogens with one attached hydrogen (secondary N) is 1. The molecule has 1 N–H and O–H groups in total. The van der Waals surface area contributed by atoms with Crippen LogP contribution in [0.3, 0.4) is 0 Å². The van der Waals surface area contributed by atoms with Gasteiger partial charge in [0.15, 0.2) is 0 Å². The second-order valence-corrected chi connectivity index (χ2v) is 10.9. The van der Waals surface area contributed by atoms with Crippen LogP contribution < -0.4 is 4.72 Å². The van der Waals surface area contributed by atoms with Crippen molar-refractivity contribution < 1.29 is 4.21 Å². The molecule has 152 valence electrons. The Morgan fingerprint density at radius 1 is 0.933 bits per heavy atom. The zero-order valence-electron chi connectivity index (χ0n) is 17.1. The molecule has 2 atom stereocenters. The van der Waals surface area contributed by atoms with Gasteiger partial charge in [0.1, 0.15) is 6.04 Å². The maximum Gasteiger partial charge on any atom is 0.303 e. The van der Waals surface area contributed by atoms with E-state index in [0.29, 0.717) is 5.02 Å². The fourth-order valence-electron chi connectivity index (χ4n) is 4.08. The summed E-state index contributed by atoms with van der Waals surface area (Å²) < 4.78 is 16.1. The van der Waals surface area contributed by atoms with Crippen LogP contribution in [0, 0.1) is 6.57 Å². The highest BCUT2D eigenvalue weighted by molar-refractivity contribution is 7.84. The summed E-state index contributed by atoms with van der Waals surface area (Å²) in [7, 11) is -1.38. The van der Waals surface area contributed by atoms with Crippen LogP contribution in [0.2, 0.25) is 5.02 Å². The van der Waals surface area contributed by atoms with E-state index in [2.05, 4.69) is 21.7 Å². The summed E-state index contributed by atoms with van der Waals surface area (Å²) in [5.41, 5.74) is 3.79. The Kier molecular flexibility index (Phi) is 5.32. The first-order valence-corrected chi connectivity index (χ1v) is 11.3. The molecule has 3 aromatic carbocycles. The van der Waals surface area contributed by atoms with Crippen molar-refractivity contribution in [3.05, 3.63) is 106 Å². The Labute approximate surface area is 185 Å². The fourth-order valence-corrected chi connectivity index (χ4v) is 5.08. The molecule has 0 saturated carbocycles. The molecule has 3 nitrogen and oxygen atoms in total.